The molecule has 0 aliphatic carbocycles. The predicted molar refractivity (Wildman–Crippen MR) is 93.0 cm³/mol. The van der Waals surface area contributed by atoms with Gasteiger partial charge in [-0.25, -0.2) is 9.97 Å². The highest BCUT2D eigenvalue weighted by molar-refractivity contribution is 5.48. The maximum absolute atomic E-state index is 5.16. The van der Waals surface area contributed by atoms with Crippen molar-refractivity contribution in [3.63, 3.8) is 0 Å². The largest absolute Gasteiger partial charge is 0.383 e. The Balaban J connectivity index is 1.43. The van der Waals surface area contributed by atoms with Crippen molar-refractivity contribution in [3.8, 4) is 0 Å². The number of ether oxygens (including phenoxy) is 1. The molecule has 0 bridgehead atoms. The number of anilines is 2. The minimum Gasteiger partial charge on any atom is -0.383 e. The van der Waals surface area contributed by atoms with Gasteiger partial charge in [0.1, 0.15) is 18.0 Å². The van der Waals surface area contributed by atoms with Crippen LogP contribution in [0.15, 0.2) is 12.4 Å². The number of nitrogens with zero attached hydrogens (tertiary/aromatic N) is 4. The number of hydrogen-bond donors (Lipinski definition) is 1. The Morgan fingerprint density at radius 3 is 2.70 bits per heavy atom. The maximum Gasteiger partial charge on any atom is 0.134 e. The first-order valence-electron chi connectivity index (χ1n) is 8.87. The first kappa shape index (κ1) is 16.5. The number of nitrogens with one attached hydrogen (secondary N) is 1. The summed E-state index contributed by atoms with van der Waals surface area (Å²) >= 11 is 0. The Morgan fingerprint density at radius 2 is 1.96 bits per heavy atom. The minimum atomic E-state index is 0.735. The fourth-order valence-electron chi connectivity index (χ4n) is 3.45. The topological polar surface area (TPSA) is 53.5 Å². The molecule has 2 aliphatic heterocycles. The molecule has 6 nitrogen and oxygen atoms in total. The van der Waals surface area contributed by atoms with Gasteiger partial charge in [-0.15, -0.1) is 0 Å². The molecule has 1 aromatic heterocycles. The van der Waals surface area contributed by atoms with Gasteiger partial charge < -0.3 is 19.9 Å². The monoisotopic (exact) mass is 319 g/mol. The standard InChI is InChI=1S/C17H29N5O/c1-23-11-10-21-8-4-15(5-9-21)13-18-16-12-17(20-14-19-16)22-6-2-3-7-22/h12,14-15H,2-11,13H2,1H3,(H,18,19,20). The molecule has 0 atom stereocenters. The van der Waals surface area contributed by atoms with Crippen LogP contribution in [0.3, 0.4) is 0 Å². The van der Waals surface area contributed by atoms with E-state index in [1.54, 1.807) is 13.4 Å². The highest BCUT2D eigenvalue weighted by atomic mass is 16.5. The van der Waals surface area contributed by atoms with Crippen LogP contribution in [-0.2, 0) is 4.74 Å². The van der Waals surface area contributed by atoms with E-state index in [9.17, 15) is 0 Å². The van der Waals surface area contributed by atoms with Crippen molar-refractivity contribution >= 4 is 11.6 Å². The van der Waals surface area contributed by atoms with Gasteiger partial charge in [-0.05, 0) is 44.7 Å². The third-order valence-corrected chi connectivity index (χ3v) is 4.97. The molecule has 2 fully saturated rings. The van der Waals surface area contributed by atoms with Crippen LogP contribution in [0.2, 0.25) is 0 Å². The van der Waals surface area contributed by atoms with Crippen LogP contribution in [0.25, 0.3) is 0 Å². The van der Waals surface area contributed by atoms with E-state index in [-0.39, 0.29) is 0 Å². The van der Waals surface area contributed by atoms with E-state index in [0.717, 1.165) is 50.3 Å². The lowest BCUT2D eigenvalue weighted by atomic mass is 9.97. The Morgan fingerprint density at radius 1 is 1.17 bits per heavy atom. The maximum atomic E-state index is 5.16. The number of piperidine rings is 1. The van der Waals surface area contributed by atoms with E-state index in [2.05, 4.69) is 31.2 Å². The second-order valence-corrected chi connectivity index (χ2v) is 6.61. The molecule has 0 amide bonds. The molecular formula is C17H29N5O. The third-order valence-electron chi connectivity index (χ3n) is 4.97. The van der Waals surface area contributed by atoms with Crippen LogP contribution in [0.1, 0.15) is 25.7 Å². The van der Waals surface area contributed by atoms with Gasteiger partial charge in [0.15, 0.2) is 0 Å². The minimum absolute atomic E-state index is 0.735. The Hall–Kier alpha value is -1.40. The number of aromatic nitrogens is 2. The van der Waals surface area contributed by atoms with Crippen LogP contribution in [0.5, 0.6) is 0 Å². The SMILES string of the molecule is COCCN1CCC(CNc2cc(N3CCCC3)ncn2)CC1. The third kappa shape index (κ3) is 4.78. The first-order chi connectivity index (χ1) is 11.3. The molecule has 2 aliphatic rings. The van der Waals surface area contributed by atoms with Crippen LogP contribution < -0.4 is 10.2 Å². The first-order valence-corrected chi connectivity index (χ1v) is 8.87. The van der Waals surface area contributed by atoms with Crippen molar-refractivity contribution in [2.75, 3.05) is 63.2 Å². The average molecular weight is 319 g/mol. The summed E-state index contributed by atoms with van der Waals surface area (Å²) in [6.07, 6.45) is 6.73. The van der Waals surface area contributed by atoms with Gasteiger partial charge in [0.25, 0.3) is 0 Å². The van der Waals surface area contributed by atoms with E-state index in [0.29, 0.717) is 0 Å². The number of methoxy groups -OCH3 is 1. The van der Waals surface area contributed by atoms with Crippen molar-refractivity contribution in [2.24, 2.45) is 5.92 Å². The summed E-state index contributed by atoms with van der Waals surface area (Å²) in [5.41, 5.74) is 0. The second-order valence-electron chi connectivity index (χ2n) is 6.61. The molecule has 3 heterocycles. The van der Waals surface area contributed by atoms with Crippen molar-refractivity contribution in [1.82, 2.24) is 14.9 Å². The quantitative estimate of drug-likeness (QED) is 0.828. The molecule has 1 aromatic rings. The molecule has 0 unspecified atom stereocenters. The zero-order chi connectivity index (χ0) is 15.9. The van der Waals surface area contributed by atoms with Crippen molar-refractivity contribution in [3.05, 3.63) is 12.4 Å². The van der Waals surface area contributed by atoms with Gasteiger partial charge >= 0.3 is 0 Å². The Kier molecular flexibility index (Phi) is 6.05. The fourth-order valence-corrected chi connectivity index (χ4v) is 3.45. The molecule has 3 rings (SSSR count). The smallest absolute Gasteiger partial charge is 0.134 e. The average Bonchev–Trinajstić information content (AvgIpc) is 3.14. The summed E-state index contributed by atoms with van der Waals surface area (Å²) < 4.78 is 5.16. The Labute approximate surface area is 139 Å². The van der Waals surface area contributed by atoms with Crippen LogP contribution >= 0.6 is 0 Å². The normalized spacial score (nSPS) is 20.1. The predicted octanol–water partition coefficient (Wildman–Crippen LogP) is 1.85. The molecule has 0 spiro atoms. The van der Waals surface area contributed by atoms with Gasteiger partial charge in [-0.1, -0.05) is 0 Å². The van der Waals surface area contributed by atoms with E-state index in [1.807, 2.05) is 0 Å². The molecule has 2 saturated heterocycles. The van der Waals surface area contributed by atoms with Gasteiger partial charge in [-0.3, -0.25) is 0 Å². The van der Waals surface area contributed by atoms with Crippen molar-refractivity contribution in [1.29, 1.82) is 0 Å². The molecule has 23 heavy (non-hydrogen) atoms. The van der Waals surface area contributed by atoms with Gasteiger partial charge in [0, 0.05) is 39.4 Å². The van der Waals surface area contributed by atoms with Gasteiger partial charge in [0.05, 0.1) is 6.61 Å². The lowest BCUT2D eigenvalue weighted by molar-refractivity contribution is 0.122. The lowest BCUT2D eigenvalue weighted by Crippen LogP contribution is -2.37. The van der Waals surface area contributed by atoms with Crippen molar-refractivity contribution < 1.29 is 4.74 Å². The zero-order valence-electron chi connectivity index (χ0n) is 14.2. The molecule has 128 valence electrons. The number of hydrogen-bond acceptors (Lipinski definition) is 6. The highest BCUT2D eigenvalue weighted by Gasteiger charge is 2.19. The molecular weight excluding hydrogens is 290 g/mol. The van der Waals surface area contributed by atoms with E-state index in [4.69, 9.17) is 4.74 Å². The lowest BCUT2D eigenvalue weighted by Gasteiger charge is -2.31. The van der Waals surface area contributed by atoms with E-state index in [1.165, 1.54) is 38.8 Å². The van der Waals surface area contributed by atoms with Crippen LogP contribution in [-0.4, -0.2) is 67.9 Å². The molecule has 6 heteroatoms. The summed E-state index contributed by atoms with van der Waals surface area (Å²) in [7, 11) is 1.77. The van der Waals surface area contributed by atoms with Gasteiger partial charge in [-0.2, -0.15) is 0 Å². The molecule has 0 saturated carbocycles. The Bertz CT molecular complexity index is 470. The fraction of sp³-hybridized carbons (Fsp3) is 0.765. The van der Waals surface area contributed by atoms with Gasteiger partial charge in [0.2, 0.25) is 0 Å². The molecule has 1 N–H and O–H groups in total. The highest BCUT2D eigenvalue weighted by Crippen LogP contribution is 2.21. The number of likely N-dealkylation sites (tertiary alicyclic amines) is 1. The summed E-state index contributed by atoms with van der Waals surface area (Å²) in [4.78, 5) is 13.6. The van der Waals surface area contributed by atoms with Crippen molar-refractivity contribution in [2.45, 2.75) is 25.7 Å². The van der Waals surface area contributed by atoms with Crippen LogP contribution in [0, 0.1) is 5.92 Å². The molecule has 0 aromatic carbocycles. The summed E-state index contributed by atoms with van der Waals surface area (Å²) in [6.45, 7) is 7.50. The second kappa shape index (κ2) is 8.45. The number of rotatable bonds is 7. The summed E-state index contributed by atoms with van der Waals surface area (Å²) in [6, 6.07) is 2.10. The van der Waals surface area contributed by atoms with E-state index >= 15 is 0 Å². The summed E-state index contributed by atoms with van der Waals surface area (Å²) in [5.74, 6) is 2.76. The summed E-state index contributed by atoms with van der Waals surface area (Å²) in [5, 5.41) is 3.52. The molecule has 0 radical (unpaired) electrons. The van der Waals surface area contributed by atoms with E-state index < -0.39 is 0 Å². The van der Waals surface area contributed by atoms with Crippen LogP contribution in [0.4, 0.5) is 11.6 Å². The zero-order valence-corrected chi connectivity index (χ0v) is 14.2.